The third-order valence-corrected chi connectivity index (χ3v) is 20.5. The van der Waals surface area contributed by atoms with E-state index in [9.17, 15) is 58.0 Å². The van der Waals surface area contributed by atoms with E-state index in [0.29, 0.717) is 98.6 Å². The van der Waals surface area contributed by atoms with Crippen molar-refractivity contribution < 1.29 is 89.9 Å². The quantitative estimate of drug-likeness (QED) is 0.0323. The Bertz CT molecular complexity index is 4910. The Balaban J connectivity index is -0.000000694. The van der Waals surface area contributed by atoms with Gasteiger partial charge in [-0.15, -0.1) is 0 Å². The highest BCUT2D eigenvalue weighted by Gasteiger charge is 2.32. The molecule has 2 saturated heterocycles. The molecule has 27 nitrogen and oxygen atoms in total. The molecule has 0 radical (unpaired) electrons. The summed E-state index contributed by atoms with van der Waals surface area (Å²) in [5, 5.41) is 41.1. The number of aliphatic hydroxyl groups excluding tert-OH is 1. The number of furan rings is 4. The van der Waals surface area contributed by atoms with Crippen molar-refractivity contribution in [2.24, 2.45) is 32.4 Å². The second-order valence-electron chi connectivity index (χ2n) is 27.6. The molecule has 10 rings (SSSR count). The number of amides is 4. The van der Waals surface area contributed by atoms with Crippen LogP contribution in [0, 0.1) is 46.5 Å². The van der Waals surface area contributed by atoms with Crippen molar-refractivity contribution in [1.82, 2.24) is 9.80 Å². The lowest BCUT2D eigenvalue weighted by molar-refractivity contribution is 0.101. The maximum Gasteiger partial charge on any atom is 0.259 e. The Kier molecular flexibility index (Phi) is 27.8. The number of carbonyl (C=O) groups excluding carboxylic acids is 4. The standard InChI is InChI=1S/C22H31N3O4S.C21H29N3O4S.C17H22N2O5S.C13H14N2O4S.10H2/c1-15(2)12-20-19(14-25-10-5-4-6-11-25)21(16(3)29-20)22(26)24-17-8-7-9-18(13-17)30(23,27)28;1-14(2)11-19-18(13-24-9-4-5-10-24)20(15(3)28-19)21(25)23-16-7-6-8-17(12-16)29(22,26)27;1-10-14(13(9-20)15(24-10)17(2,3)4)16(21)19-11-6-5-7-12(8-11)25(18,22)23;1-8-7-19-9(2)12(8)13(16)15-10-4-3-5-11(6-10)20(14,17)18;;;;;;;;;;/h7-9,13,15H,4-6,10-12,14H2,1-3H3,(H,24,26)(H2,23,27,28);6-8,12,14H,4-5,9-11,13H2,1-3H3,(H,23,25)(H2,22,26,27);5-8,20H,9H2,1-4H3,(H,19,21)(H2,18,22,23);3-7H,1-2H3,(H,15,16)(H2,14,17,18);10*1H. The number of rotatable bonds is 21. The zero-order valence-corrected chi connectivity index (χ0v) is 64.0. The van der Waals surface area contributed by atoms with Gasteiger partial charge in [0.25, 0.3) is 23.6 Å². The highest BCUT2D eigenvalue weighted by atomic mass is 32.2. The van der Waals surface area contributed by atoms with E-state index in [1.165, 1.54) is 73.3 Å². The van der Waals surface area contributed by atoms with Gasteiger partial charge >= 0.3 is 0 Å². The Hall–Kier alpha value is -8.60. The predicted molar refractivity (Wildman–Crippen MR) is 418 cm³/mol. The summed E-state index contributed by atoms with van der Waals surface area (Å²) in [6.07, 6.45) is 8.92. The largest absolute Gasteiger partial charge is 0.469 e. The molecule has 2 aliphatic rings. The SMILES string of the molecule is Cc1coc(C)c1C(=O)Nc1cccc(S(N)(=O)=O)c1.Cc1oc(C(C)(C)C)c(CO)c1C(=O)Nc1cccc(S(N)(=O)=O)c1.Cc1oc(CC(C)C)c(CN2CCCC2)c1C(=O)Nc1cccc(S(N)(=O)=O)c1.Cc1oc(CC(C)C)c(CN2CCCCC2)c1C(=O)Nc1cccc(S(N)(=O)=O)c1.[HH].[HH].[HH].[HH].[HH].[HH].[HH].[HH].[HH].[HH]. The van der Waals surface area contributed by atoms with Gasteiger partial charge in [0.15, 0.2) is 0 Å². The van der Waals surface area contributed by atoms with E-state index in [1.54, 1.807) is 71.0 Å². The summed E-state index contributed by atoms with van der Waals surface area (Å²) in [6, 6.07) is 23.3. The first-order valence-electron chi connectivity index (χ1n) is 33.8. The van der Waals surface area contributed by atoms with E-state index in [0.717, 1.165) is 87.4 Å². The number of benzene rings is 4. The third kappa shape index (κ3) is 22.7. The minimum absolute atomic E-state index is 0. The van der Waals surface area contributed by atoms with Gasteiger partial charge in [-0.2, -0.15) is 0 Å². The Morgan fingerprint density at radius 3 is 1.04 bits per heavy atom. The number of nitrogens with one attached hydrogen (secondary N) is 4. The van der Waals surface area contributed by atoms with E-state index in [2.05, 4.69) is 58.8 Å². The topological polar surface area (TPSA) is 436 Å². The van der Waals surface area contributed by atoms with Gasteiger partial charge in [-0.1, -0.05) is 79.2 Å². The summed E-state index contributed by atoms with van der Waals surface area (Å²) in [5.41, 5.74) is 5.75. The number of hydrogen-bond donors (Lipinski definition) is 9. The number of aliphatic hydroxyl groups is 1. The zero-order valence-electron chi connectivity index (χ0n) is 60.7. The lowest BCUT2D eigenvalue weighted by Gasteiger charge is -2.26. The number of carbonyl (C=O) groups is 4. The van der Waals surface area contributed by atoms with Crippen molar-refractivity contribution in [1.29, 1.82) is 0 Å². The van der Waals surface area contributed by atoms with E-state index in [4.69, 9.17) is 38.2 Å². The van der Waals surface area contributed by atoms with Crippen molar-refractivity contribution in [3.05, 3.63) is 188 Å². The number of piperidine rings is 1. The van der Waals surface area contributed by atoms with Gasteiger partial charge in [-0.05, 0) is 171 Å². The minimum atomic E-state index is -3.87. The molecule has 0 atom stereocenters. The average molecular weight is 1530 g/mol. The van der Waals surface area contributed by atoms with Crippen LogP contribution in [0.3, 0.4) is 0 Å². The van der Waals surface area contributed by atoms with Gasteiger partial charge in [0.05, 0.1) is 54.7 Å². The second kappa shape index (κ2) is 35.0. The highest BCUT2D eigenvalue weighted by molar-refractivity contribution is 7.90. The third-order valence-electron chi connectivity index (χ3n) is 16.9. The van der Waals surface area contributed by atoms with Crippen LogP contribution in [0.25, 0.3) is 0 Å². The number of hydrogen-bond acceptors (Lipinski definition) is 19. The van der Waals surface area contributed by atoms with Crippen molar-refractivity contribution in [2.45, 2.75) is 173 Å². The molecule has 4 aromatic carbocycles. The van der Waals surface area contributed by atoms with Crippen LogP contribution in [0.2, 0.25) is 0 Å². The normalized spacial score (nSPS) is 13.8. The van der Waals surface area contributed by atoms with E-state index in [1.807, 2.05) is 20.8 Å². The maximum atomic E-state index is 13.2. The molecule has 4 amide bonds. The van der Waals surface area contributed by atoms with Gasteiger partial charge in [-0.25, -0.2) is 54.2 Å². The number of likely N-dealkylation sites (tertiary alicyclic amines) is 2. The molecule has 0 spiro atoms. The number of nitrogens with zero attached hydrogens (tertiary/aromatic N) is 2. The average Bonchev–Trinajstić information content (AvgIpc) is 1.64. The molecule has 31 heteroatoms. The van der Waals surface area contributed by atoms with Crippen molar-refractivity contribution in [3.8, 4) is 0 Å². The number of anilines is 4. The first kappa shape index (κ1) is 82.7. The molecule has 6 heterocycles. The molecule has 0 saturated carbocycles. The predicted octanol–water partition coefficient (Wildman–Crippen LogP) is 13.5. The van der Waals surface area contributed by atoms with Crippen LogP contribution in [-0.4, -0.2) is 98.4 Å². The molecule has 0 unspecified atom stereocenters. The minimum Gasteiger partial charge on any atom is -0.469 e. The molecule has 2 fully saturated rings. The highest BCUT2D eigenvalue weighted by Crippen LogP contribution is 2.35. The zero-order chi connectivity index (χ0) is 77.0. The van der Waals surface area contributed by atoms with E-state index in [-0.39, 0.29) is 74.8 Å². The molecule has 104 heavy (non-hydrogen) atoms. The van der Waals surface area contributed by atoms with E-state index < -0.39 is 46.0 Å². The number of sulfonamides is 4. The molecular weight excluding hydrogens is 1420 g/mol. The lowest BCUT2D eigenvalue weighted by atomic mass is 9.89. The molecule has 4 aromatic heterocycles. The van der Waals surface area contributed by atoms with Gasteiger partial charge in [0.2, 0.25) is 40.1 Å². The Morgan fingerprint density at radius 1 is 0.462 bits per heavy atom. The number of primary sulfonamides is 4. The summed E-state index contributed by atoms with van der Waals surface area (Å²) < 4.78 is 115. The Labute approximate surface area is 623 Å². The van der Waals surface area contributed by atoms with Crippen molar-refractivity contribution in [3.63, 3.8) is 0 Å². The second-order valence-corrected chi connectivity index (χ2v) is 33.8. The number of nitrogens with two attached hydrogens (primary N) is 4. The van der Waals surface area contributed by atoms with Gasteiger partial charge in [0, 0.05) is 90.6 Å². The molecular formula is C73H116N10O17S4. The fraction of sp³-hybridized carbons (Fsp3) is 0.397. The molecule has 584 valence electrons. The lowest BCUT2D eigenvalue weighted by Crippen LogP contribution is -2.30. The van der Waals surface area contributed by atoms with Crippen LogP contribution in [0.5, 0.6) is 0 Å². The van der Waals surface area contributed by atoms with Crippen LogP contribution < -0.4 is 41.8 Å². The molecule has 0 aliphatic carbocycles. The van der Waals surface area contributed by atoms with Gasteiger partial charge in [-0.3, -0.25) is 29.0 Å². The van der Waals surface area contributed by atoms with Crippen molar-refractivity contribution in [2.75, 3.05) is 47.4 Å². The van der Waals surface area contributed by atoms with Crippen LogP contribution in [-0.2, 0) is 78.0 Å². The molecule has 13 N–H and O–H groups in total. The first-order valence-corrected chi connectivity index (χ1v) is 39.9. The summed E-state index contributed by atoms with van der Waals surface area (Å²) in [7, 11) is -15.4. The fourth-order valence-corrected chi connectivity index (χ4v) is 14.4. The van der Waals surface area contributed by atoms with E-state index >= 15 is 0 Å². The fourth-order valence-electron chi connectivity index (χ4n) is 12.1. The van der Waals surface area contributed by atoms with Crippen LogP contribution in [0.15, 0.2) is 141 Å². The first-order chi connectivity index (χ1) is 48.5. The monoisotopic (exact) mass is 1530 g/mol. The summed E-state index contributed by atoms with van der Waals surface area (Å²) in [5.74, 6) is 3.64. The summed E-state index contributed by atoms with van der Waals surface area (Å²) in [4.78, 5) is 55.5. The molecule has 2 aliphatic heterocycles. The van der Waals surface area contributed by atoms with Crippen molar-refractivity contribution >= 4 is 86.5 Å². The Morgan fingerprint density at radius 2 is 0.760 bits per heavy atom. The molecule has 8 aromatic rings. The molecule has 0 bridgehead atoms. The van der Waals surface area contributed by atoms with Gasteiger partial charge < -0.3 is 44.0 Å². The van der Waals surface area contributed by atoms with Crippen LogP contribution >= 0.6 is 0 Å². The maximum absolute atomic E-state index is 13.2. The van der Waals surface area contributed by atoms with Crippen LogP contribution in [0.1, 0.15) is 199 Å². The number of aryl methyl sites for hydroxylation is 5. The summed E-state index contributed by atoms with van der Waals surface area (Å²) >= 11 is 0. The summed E-state index contributed by atoms with van der Waals surface area (Å²) in [6.45, 7) is 28.0. The smallest absolute Gasteiger partial charge is 0.259 e. The van der Waals surface area contributed by atoms with Crippen LogP contribution in [0.4, 0.5) is 22.7 Å². The van der Waals surface area contributed by atoms with Gasteiger partial charge in [0.1, 0.15) is 40.3 Å².